The van der Waals surface area contributed by atoms with Crippen LogP contribution in [0.15, 0.2) is 18.2 Å². The maximum Gasteiger partial charge on any atom is 0.131 e. The third kappa shape index (κ3) is 3.38. The number of benzene rings is 1. The van der Waals surface area contributed by atoms with Crippen LogP contribution in [0.4, 0.5) is 4.39 Å². The van der Waals surface area contributed by atoms with Gasteiger partial charge in [0.05, 0.1) is 7.11 Å². The van der Waals surface area contributed by atoms with E-state index in [9.17, 15) is 4.39 Å². The summed E-state index contributed by atoms with van der Waals surface area (Å²) in [6.07, 6.45) is 4.01. The summed E-state index contributed by atoms with van der Waals surface area (Å²) in [5, 5.41) is 3.49. The maximum absolute atomic E-state index is 14.0. The molecule has 0 aromatic heterocycles. The number of methoxy groups -OCH3 is 1. The topological polar surface area (TPSA) is 24.5 Å². The lowest BCUT2D eigenvalue weighted by Crippen LogP contribution is -2.29. The fourth-order valence-electron chi connectivity index (χ4n) is 3.36. The third-order valence-electron chi connectivity index (χ3n) is 4.76. The largest absolute Gasteiger partial charge is 0.496 e. The molecule has 1 aromatic rings. The predicted molar refractivity (Wildman–Crippen MR) is 82.1 cm³/mol. The fraction of sp³-hybridized carbons (Fsp3) is 0.647. The minimum atomic E-state index is -0.194. The Bertz CT molecular complexity index is 490. The Kier molecular flexibility index (Phi) is 4.45. The molecule has 0 bridgehead atoms. The van der Waals surface area contributed by atoms with Gasteiger partial charge in [-0.3, -0.25) is 0 Å². The van der Waals surface area contributed by atoms with Crippen molar-refractivity contribution in [2.24, 2.45) is 5.92 Å². The van der Waals surface area contributed by atoms with E-state index in [1.54, 1.807) is 13.2 Å². The molecule has 116 valence electrons. The van der Waals surface area contributed by atoms with Crippen LogP contribution in [0.1, 0.15) is 37.8 Å². The van der Waals surface area contributed by atoms with Gasteiger partial charge in [-0.15, -0.1) is 0 Å². The normalized spacial score (nSPS) is 24.2. The molecule has 2 aliphatic rings. The second-order valence-electron chi connectivity index (χ2n) is 6.37. The first-order valence-electron chi connectivity index (χ1n) is 7.99. The molecule has 2 atom stereocenters. The third-order valence-corrected chi connectivity index (χ3v) is 4.76. The number of likely N-dealkylation sites (tertiary alicyclic amines) is 1. The molecule has 1 aliphatic carbocycles. The predicted octanol–water partition coefficient (Wildman–Crippen LogP) is 2.97. The van der Waals surface area contributed by atoms with Gasteiger partial charge < -0.3 is 15.0 Å². The second-order valence-corrected chi connectivity index (χ2v) is 6.37. The van der Waals surface area contributed by atoms with Crippen LogP contribution in [-0.4, -0.2) is 37.7 Å². The van der Waals surface area contributed by atoms with Gasteiger partial charge in [-0.05, 0) is 57.3 Å². The zero-order valence-electron chi connectivity index (χ0n) is 12.9. The highest BCUT2D eigenvalue weighted by atomic mass is 19.1. The number of ether oxygens (including phenoxy) is 1. The summed E-state index contributed by atoms with van der Waals surface area (Å²) in [5.41, 5.74) is 0.636. The Labute approximate surface area is 126 Å². The van der Waals surface area contributed by atoms with E-state index in [0.29, 0.717) is 17.2 Å². The Morgan fingerprint density at radius 2 is 2.19 bits per heavy atom. The lowest BCUT2D eigenvalue weighted by Gasteiger charge is -2.20. The van der Waals surface area contributed by atoms with Crippen LogP contribution in [0.2, 0.25) is 0 Å². The Balaban J connectivity index is 1.55. The average molecular weight is 292 g/mol. The van der Waals surface area contributed by atoms with Crippen LogP contribution < -0.4 is 10.1 Å². The van der Waals surface area contributed by atoms with Crippen molar-refractivity contribution in [2.75, 3.05) is 26.7 Å². The molecule has 1 aromatic carbocycles. The van der Waals surface area contributed by atoms with Crippen molar-refractivity contribution < 1.29 is 9.13 Å². The molecule has 0 spiro atoms. The van der Waals surface area contributed by atoms with Crippen molar-refractivity contribution in [3.05, 3.63) is 29.6 Å². The lowest BCUT2D eigenvalue weighted by atomic mass is 10.0. The van der Waals surface area contributed by atoms with Crippen molar-refractivity contribution >= 4 is 0 Å². The molecule has 3 nitrogen and oxygen atoms in total. The van der Waals surface area contributed by atoms with Gasteiger partial charge in [0.25, 0.3) is 0 Å². The van der Waals surface area contributed by atoms with E-state index in [2.05, 4.69) is 10.2 Å². The molecule has 21 heavy (non-hydrogen) atoms. The monoisotopic (exact) mass is 292 g/mol. The van der Waals surface area contributed by atoms with E-state index in [0.717, 1.165) is 12.6 Å². The highest BCUT2D eigenvalue weighted by molar-refractivity contribution is 5.36. The zero-order chi connectivity index (χ0) is 14.8. The van der Waals surface area contributed by atoms with Crippen LogP contribution in [0.25, 0.3) is 0 Å². The highest BCUT2D eigenvalue weighted by Gasteiger charge is 2.34. The zero-order valence-corrected chi connectivity index (χ0v) is 12.9. The van der Waals surface area contributed by atoms with Crippen molar-refractivity contribution in [2.45, 2.75) is 38.3 Å². The van der Waals surface area contributed by atoms with Crippen LogP contribution in [0.3, 0.4) is 0 Å². The Hall–Kier alpha value is -1.13. The Morgan fingerprint density at radius 1 is 1.38 bits per heavy atom. The number of nitrogens with zero attached hydrogens (tertiary/aromatic N) is 1. The summed E-state index contributed by atoms with van der Waals surface area (Å²) in [4.78, 5) is 2.61. The number of hydrogen-bond acceptors (Lipinski definition) is 3. The Morgan fingerprint density at radius 3 is 2.90 bits per heavy atom. The molecule has 1 heterocycles. The van der Waals surface area contributed by atoms with E-state index in [1.165, 1.54) is 38.4 Å². The number of nitrogens with one attached hydrogen (secondary N) is 1. The second kappa shape index (κ2) is 6.32. The first-order valence-corrected chi connectivity index (χ1v) is 7.99. The molecule has 2 unspecified atom stereocenters. The van der Waals surface area contributed by atoms with Gasteiger partial charge >= 0.3 is 0 Å². The smallest absolute Gasteiger partial charge is 0.131 e. The SMILES string of the molecule is COc1cccc(F)c1C(C)NCC1CCN(C2CC2)C1. The van der Waals surface area contributed by atoms with Crippen LogP contribution in [0, 0.1) is 11.7 Å². The van der Waals surface area contributed by atoms with E-state index in [1.807, 2.05) is 13.0 Å². The van der Waals surface area contributed by atoms with Crippen molar-refractivity contribution in [3.63, 3.8) is 0 Å². The van der Waals surface area contributed by atoms with Gasteiger partial charge in [0.15, 0.2) is 0 Å². The summed E-state index contributed by atoms with van der Waals surface area (Å²) >= 11 is 0. The van der Waals surface area contributed by atoms with E-state index < -0.39 is 0 Å². The molecule has 0 radical (unpaired) electrons. The van der Waals surface area contributed by atoms with Crippen LogP contribution in [0.5, 0.6) is 5.75 Å². The molecule has 1 saturated heterocycles. The van der Waals surface area contributed by atoms with Gasteiger partial charge in [0.1, 0.15) is 11.6 Å². The van der Waals surface area contributed by atoms with Gasteiger partial charge in [-0.1, -0.05) is 6.07 Å². The molecule has 1 aliphatic heterocycles. The maximum atomic E-state index is 14.0. The summed E-state index contributed by atoms with van der Waals surface area (Å²) in [6.45, 7) is 5.38. The fourth-order valence-corrected chi connectivity index (χ4v) is 3.36. The molecular formula is C17H25FN2O. The van der Waals surface area contributed by atoms with Crippen LogP contribution in [-0.2, 0) is 0 Å². The quantitative estimate of drug-likeness (QED) is 0.872. The van der Waals surface area contributed by atoms with Gasteiger partial charge in [0, 0.05) is 24.2 Å². The molecule has 3 rings (SSSR count). The molecule has 1 N–H and O–H groups in total. The van der Waals surface area contributed by atoms with Gasteiger partial charge in [-0.25, -0.2) is 4.39 Å². The molecule has 1 saturated carbocycles. The van der Waals surface area contributed by atoms with Crippen molar-refractivity contribution in [1.82, 2.24) is 10.2 Å². The van der Waals surface area contributed by atoms with Crippen molar-refractivity contribution in [3.8, 4) is 5.75 Å². The summed E-state index contributed by atoms with van der Waals surface area (Å²) in [7, 11) is 1.59. The van der Waals surface area contributed by atoms with E-state index in [-0.39, 0.29) is 11.9 Å². The van der Waals surface area contributed by atoms with Gasteiger partial charge in [-0.2, -0.15) is 0 Å². The summed E-state index contributed by atoms with van der Waals surface area (Å²) in [6, 6.07) is 5.84. The van der Waals surface area contributed by atoms with E-state index in [4.69, 9.17) is 4.74 Å². The van der Waals surface area contributed by atoms with Gasteiger partial charge in [0.2, 0.25) is 0 Å². The average Bonchev–Trinajstić information content (AvgIpc) is 3.23. The van der Waals surface area contributed by atoms with Crippen molar-refractivity contribution in [1.29, 1.82) is 0 Å². The summed E-state index contributed by atoms with van der Waals surface area (Å²) < 4.78 is 19.3. The summed E-state index contributed by atoms with van der Waals surface area (Å²) in [5.74, 6) is 1.12. The molecule has 4 heteroatoms. The molecule has 0 amide bonds. The van der Waals surface area contributed by atoms with Crippen LogP contribution >= 0.6 is 0 Å². The van der Waals surface area contributed by atoms with E-state index >= 15 is 0 Å². The number of rotatable bonds is 6. The number of halogens is 1. The lowest BCUT2D eigenvalue weighted by molar-refractivity contribution is 0.309. The molecule has 2 fully saturated rings. The minimum Gasteiger partial charge on any atom is -0.496 e. The molecular weight excluding hydrogens is 267 g/mol. The first-order chi connectivity index (χ1) is 10.2. The minimum absolute atomic E-state index is 0.0314. The highest BCUT2D eigenvalue weighted by Crippen LogP contribution is 2.32. The number of hydrogen-bond donors (Lipinski definition) is 1. The first kappa shape index (κ1) is 14.8. The standard InChI is InChI=1S/C17H25FN2O/c1-12(17-15(18)4-3-5-16(17)21-2)19-10-13-8-9-20(11-13)14-6-7-14/h3-5,12-14,19H,6-11H2,1-2H3.